The number of urea groups is 1. The minimum atomic E-state index is -0.529. The summed E-state index contributed by atoms with van der Waals surface area (Å²) in [6.45, 7) is 5.01. The van der Waals surface area contributed by atoms with Gasteiger partial charge in [0.05, 0.1) is 5.56 Å². The first-order valence-corrected chi connectivity index (χ1v) is 9.20. The zero-order valence-electron chi connectivity index (χ0n) is 16.0. The van der Waals surface area contributed by atoms with E-state index in [2.05, 4.69) is 16.2 Å². The predicted octanol–water partition coefficient (Wildman–Crippen LogP) is 2.16. The van der Waals surface area contributed by atoms with Crippen molar-refractivity contribution in [1.29, 1.82) is 0 Å². The van der Waals surface area contributed by atoms with Crippen LogP contribution in [0.4, 0.5) is 4.79 Å². The fourth-order valence-electron chi connectivity index (χ4n) is 3.22. The van der Waals surface area contributed by atoms with Crippen molar-refractivity contribution in [2.24, 2.45) is 0 Å². The Morgan fingerprint density at radius 1 is 1.14 bits per heavy atom. The maximum Gasteiger partial charge on any atom is 0.333 e. The van der Waals surface area contributed by atoms with Gasteiger partial charge >= 0.3 is 6.03 Å². The molecule has 0 atom stereocenters. The first-order valence-electron chi connectivity index (χ1n) is 9.20. The molecule has 0 spiro atoms. The highest BCUT2D eigenvalue weighted by molar-refractivity contribution is 5.96. The molecular weight excluding hydrogens is 360 g/mol. The Kier molecular flexibility index (Phi) is 5.98. The van der Waals surface area contributed by atoms with Crippen LogP contribution >= 0.6 is 0 Å². The van der Waals surface area contributed by atoms with Crippen LogP contribution < -0.4 is 16.2 Å². The van der Waals surface area contributed by atoms with Crippen molar-refractivity contribution >= 4 is 17.8 Å². The SMILES string of the molecule is Cc1cc(C(=O)NNC(=O)NCc2ccccc2CN2CCCC2=O)c(C)o1. The van der Waals surface area contributed by atoms with Gasteiger partial charge in [-0.3, -0.25) is 15.0 Å². The van der Waals surface area contributed by atoms with Gasteiger partial charge in [-0.25, -0.2) is 10.2 Å². The smallest absolute Gasteiger partial charge is 0.333 e. The van der Waals surface area contributed by atoms with E-state index < -0.39 is 11.9 Å². The molecule has 3 N–H and O–H groups in total. The molecule has 4 amide bonds. The Bertz CT molecular complexity index is 890. The van der Waals surface area contributed by atoms with Crippen LogP contribution in [0.1, 0.15) is 45.8 Å². The van der Waals surface area contributed by atoms with Gasteiger partial charge in [-0.1, -0.05) is 24.3 Å². The first-order chi connectivity index (χ1) is 13.4. The summed E-state index contributed by atoms with van der Waals surface area (Å²) in [5, 5.41) is 2.71. The third-order valence-electron chi connectivity index (χ3n) is 4.67. The van der Waals surface area contributed by atoms with Gasteiger partial charge in [0.25, 0.3) is 5.91 Å². The van der Waals surface area contributed by atoms with Crippen molar-refractivity contribution in [3.8, 4) is 0 Å². The molecular formula is C20H24N4O4. The van der Waals surface area contributed by atoms with Gasteiger partial charge < -0.3 is 14.6 Å². The van der Waals surface area contributed by atoms with Gasteiger partial charge in [0.2, 0.25) is 5.91 Å². The molecule has 0 aliphatic carbocycles. The summed E-state index contributed by atoms with van der Waals surface area (Å²) in [6.07, 6.45) is 1.48. The van der Waals surface area contributed by atoms with Crippen LogP contribution in [0.5, 0.6) is 0 Å². The highest BCUT2D eigenvalue weighted by Gasteiger charge is 2.21. The quantitative estimate of drug-likeness (QED) is 0.687. The fraction of sp³-hybridized carbons (Fsp3) is 0.350. The summed E-state index contributed by atoms with van der Waals surface area (Å²) in [4.78, 5) is 37.8. The molecule has 28 heavy (non-hydrogen) atoms. The number of carbonyl (C=O) groups excluding carboxylic acids is 3. The summed E-state index contributed by atoms with van der Waals surface area (Å²) in [5.74, 6) is 0.827. The van der Waals surface area contributed by atoms with Gasteiger partial charge in [0.1, 0.15) is 11.5 Å². The number of nitrogens with zero attached hydrogens (tertiary/aromatic N) is 1. The van der Waals surface area contributed by atoms with E-state index in [1.807, 2.05) is 29.2 Å². The molecule has 1 aromatic carbocycles. The van der Waals surface area contributed by atoms with E-state index in [0.29, 0.717) is 30.0 Å². The van der Waals surface area contributed by atoms with Crippen molar-refractivity contribution in [3.63, 3.8) is 0 Å². The van der Waals surface area contributed by atoms with E-state index in [0.717, 1.165) is 24.1 Å². The van der Waals surface area contributed by atoms with E-state index in [1.165, 1.54) is 0 Å². The maximum atomic E-state index is 12.1. The molecule has 8 heteroatoms. The third kappa shape index (κ3) is 4.70. The van der Waals surface area contributed by atoms with Crippen LogP contribution in [-0.4, -0.2) is 29.3 Å². The van der Waals surface area contributed by atoms with Crippen molar-refractivity contribution in [2.75, 3.05) is 6.54 Å². The standard InChI is InChI=1S/C20H24N4O4/c1-13-10-17(14(2)28-13)19(26)22-23-20(27)21-11-15-6-3-4-7-16(15)12-24-9-5-8-18(24)25/h3-4,6-7,10H,5,8-9,11-12H2,1-2H3,(H,22,26)(H2,21,23,27). The normalized spacial score (nSPS) is 13.5. The van der Waals surface area contributed by atoms with E-state index in [9.17, 15) is 14.4 Å². The van der Waals surface area contributed by atoms with Crippen LogP contribution in [0, 0.1) is 13.8 Å². The molecule has 0 unspecified atom stereocenters. The number of hydrogen-bond donors (Lipinski definition) is 3. The van der Waals surface area contributed by atoms with Crippen LogP contribution in [-0.2, 0) is 17.9 Å². The Hall–Kier alpha value is -3.29. The van der Waals surface area contributed by atoms with Crippen molar-refractivity contribution in [3.05, 3.63) is 58.5 Å². The summed E-state index contributed by atoms with van der Waals surface area (Å²) in [5.41, 5.74) is 6.97. The number of likely N-dealkylation sites (tertiary alicyclic amines) is 1. The Balaban J connectivity index is 1.51. The predicted molar refractivity (Wildman–Crippen MR) is 102 cm³/mol. The van der Waals surface area contributed by atoms with Crippen molar-refractivity contribution in [2.45, 2.75) is 39.8 Å². The molecule has 2 aromatic rings. The molecule has 1 aliphatic heterocycles. The minimum Gasteiger partial charge on any atom is -0.466 e. The van der Waals surface area contributed by atoms with E-state index in [4.69, 9.17) is 4.42 Å². The average molecular weight is 384 g/mol. The number of benzene rings is 1. The van der Waals surface area contributed by atoms with Crippen LogP contribution in [0.15, 0.2) is 34.7 Å². The van der Waals surface area contributed by atoms with E-state index in [-0.39, 0.29) is 12.5 Å². The maximum absolute atomic E-state index is 12.1. The lowest BCUT2D eigenvalue weighted by Crippen LogP contribution is -2.46. The van der Waals surface area contributed by atoms with Crippen LogP contribution in [0.25, 0.3) is 0 Å². The zero-order valence-corrected chi connectivity index (χ0v) is 16.0. The number of hydrogen-bond acceptors (Lipinski definition) is 4. The molecule has 1 saturated heterocycles. The lowest BCUT2D eigenvalue weighted by Gasteiger charge is -2.18. The second kappa shape index (κ2) is 8.60. The molecule has 1 fully saturated rings. The van der Waals surface area contributed by atoms with Gasteiger partial charge in [-0.15, -0.1) is 0 Å². The summed E-state index contributed by atoms with van der Waals surface area (Å²) in [7, 11) is 0. The summed E-state index contributed by atoms with van der Waals surface area (Å²) < 4.78 is 5.31. The molecule has 0 bridgehead atoms. The zero-order chi connectivity index (χ0) is 20.1. The van der Waals surface area contributed by atoms with E-state index in [1.54, 1.807) is 19.9 Å². The van der Waals surface area contributed by atoms with Crippen LogP contribution in [0.2, 0.25) is 0 Å². The van der Waals surface area contributed by atoms with Gasteiger partial charge in [-0.2, -0.15) is 0 Å². The first kappa shape index (κ1) is 19.5. The lowest BCUT2D eigenvalue weighted by atomic mass is 10.1. The molecule has 1 aromatic heterocycles. The van der Waals surface area contributed by atoms with Gasteiger partial charge in [0.15, 0.2) is 0 Å². The molecule has 148 valence electrons. The summed E-state index contributed by atoms with van der Waals surface area (Å²) >= 11 is 0. The number of nitrogens with one attached hydrogen (secondary N) is 3. The van der Waals surface area contributed by atoms with Gasteiger partial charge in [0, 0.05) is 26.1 Å². The Morgan fingerprint density at radius 3 is 2.54 bits per heavy atom. The number of furan rings is 1. The molecule has 0 radical (unpaired) electrons. The molecule has 8 nitrogen and oxygen atoms in total. The lowest BCUT2D eigenvalue weighted by molar-refractivity contribution is -0.128. The summed E-state index contributed by atoms with van der Waals surface area (Å²) in [6, 6.07) is 8.74. The number of aryl methyl sites for hydroxylation is 2. The largest absolute Gasteiger partial charge is 0.466 e. The van der Waals surface area contributed by atoms with Gasteiger partial charge in [-0.05, 0) is 37.5 Å². The number of carbonyl (C=O) groups is 3. The van der Waals surface area contributed by atoms with E-state index >= 15 is 0 Å². The number of hydrazine groups is 1. The number of amides is 4. The fourth-order valence-corrected chi connectivity index (χ4v) is 3.22. The molecule has 1 aliphatic rings. The van der Waals surface area contributed by atoms with Crippen molar-refractivity contribution in [1.82, 2.24) is 21.1 Å². The topological polar surface area (TPSA) is 104 Å². The van der Waals surface area contributed by atoms with Crippen molar-refractivity contribution < 1.29 is 18.8 Å². The second-order valence-electron chi connectivity index (χ2n) is 6.78. The Labute approximate surface area is 163 Å². The second-order valence-corrected chi connectivity index (χ2v) is 6.78. The molecule has 0 saturated carbocycles. The highest BCUT2D eigenvalue weighted by atomic mass is 16.3. The monoisotopic (exact) mass is 384 g/mol. The minimum absolute atomic E-state index is 0.160. The highest BCUT2D eigenvalue weighted by Crippen LogP contribution is 2.17. The van der Waals surface area contributed by atoms with Crippen LogP contribution in [0.3, 0.4) is 0 Å². The Morgan fingerprint density at radius 2 is 1.89 bits per heavy atom. The molecule has 2 heterocycles. The molecule has 3 rings (SSSR count). The number of rotatable bonds is 5. The third-order valence-corrected chi connectivity index (χ3v) is 4.67. The average Bonchev–Trinajstić information content (AvgIpc) is 3.23.